The zero-order valence-electron chi connectivity index (χ0n) is 19.6. The van der Waals surface area contributed by atoms with Crippen LogP contribution in [0.25, 0.3) is 0 Å². The smallest absolute Gasteiger partial charge is 0.0577 e. The van der Waals surface area contributed by atoms with Crippen molar-refractivity contribution in [2.75, 3.05) is 0 Å². The number of fused-ring (bicyclic) bond motifs is 5. The van der Waals surface area contributed by atoms with Crippen LogP contribution in [0.2, 0.25) is 0 Å². The first-order valence-corrected chi connectivity index (χ1v) is 12.4. The molecule has 4 aliphatic carbocycles. The third-order valence-corrected chi connectivity index (χ3v) is 9.88. The minimum Gasteiger partial charge on any atom is -0.393 e. The summed E-state index contributed by atoms with van der Waals surface area (Å²) in [4.78, 5) is 0. The van der Waals surface area contributed by atoms with E-state index in [1.54, 1.807) is 5.57 Å². The number of hydrogen-bond acceptors (Lipinski definition) is 1. The maximum absolute atomic E-state index is 10.1. The molecule has 7 atom stereocenters. The van der Waals surface area contributed by atoms with Crippen LogP contribution in [0.4, 0.5) is 0 Å². The third kappa shape index (κ3) is 3.63. The Morgan fingerprint density at radius 2 is 1.71 bits per heavy atom. The number of rotatable bonds is 3. The van der Waals surface area contributed by atoms with E-state index in [1.807, 2.05) is 0 Å². The van der Waals surface area contributed by atoms with Gasteiger partial charge in [0.05, 0.1) is 6.10 Å². The lowest BCUT2D eigenvalue weighted by Crippen LogP contribution is -2.48. The van der Waals surface area contributed by atoms with Gasteiger partial charge in [-0.05, 0) is 110 Å². The van der Waals surface area contributed by atoms with Crippen molar-refractivity contribution in [2.45, 2.75) is 112 Å². The largest absolute Gasteiger partial charge is 0.393 e. The number of aliphatic hydroxyl groups excluding tert-OH is 1. The van der Waals surface area contributed by atoms with Gasteiger partial charge in [0.15, 0.2) is 0 Å². The van der Waals surface area contributed by atoms with E-state index in [0.717, 1.165) is 42.4 Å². The molecule has 3 unspecified atom stereocenters. The third-order valence-electron chi connectivity index (χ3n) is 9.88. The highest BCUT2D eigenvalue weighted by Crippen LogP contribution is 2.66. The predicted molar refractivity (Wildman–Crippen MR) is 119 cm³/mol. The van der Waals surface area contributed by atoms with E-state index in [9.17, 15) is 5.11 Å². The molecule has 1 nitrogen and oxygen atoms in total. The van der Waals surface area contributed by atoms with Crippen LogP contribution in [0.1, 0.15) is 106 Å². The van der Waals surface area contributed by atoms with E-state index >= 15 is 0 Å². The zero-order valence-corrected chi connectivity index (χ0v) is 19.6. The summed E-state index contributed by atoms with van der Waals surface area (Å²) in [6.45, 7) is 15.1. The molecule has 0 bridgehead atoms. The Kier molecular flexibility index (Phi) is 5.34. The first-order chi connectivity index (χ1) is 13.0. The van der Waals surface area contributed by atoms with Gasteiger partial charge in [0, 0.05) is 0 Å². The second-order valence-corrected chi connectivity index (χ2v) is 13.2. The molecule has 160 valence electrons. The molecular weight excluding hydrogens is 340 g/mol. The van der Waals surface area contributed by atoms with Gasteiger partial charge in [-0.15, -0.1) is 0 Å². The fourth-order valence-corrected chi connectivity index (χ4v) is 8.40. The Labute approximate surface area is 174 Å². The normalized spacial score (nSPS) is 43.8. The van der Waals surface area contributed by atoms with Crippen LogP contribution in [0, 0.1) is 45.8 Å². The molecule has 0 radical (unpaired) electrons. The average molecular weight is 387 g/mol. The molecule has 1 N–H and O–H groups in total. The minimum atomic E-state index is -0.0626. The fourth-order valence-electron chi connectivity index (χ4n) is 8.40. The Morgan fingerprint density at radius 1 is 0.964 bits per heavy atom. The highest BCUT2D eigenvalue weighted by Gasteiger charge is 2.58. The molecule has 3 fully saturated rings. The van der Waals surface area contributed by atoms with E-state index in [-0.39, 0.29) is 6.10 Å². The maximum Gasteiger partial charge on any atom is 0.0577 e. The lowest BCUT2D eigenvalue weighted by molar-refractivity contribution is -0.0485. The van der Waals surface area contributed by atoms with Crippen LogP contribution >= 0.6 is 0 Å². The molecule has 0 aliphatic heterocycles. The van der Waals surface area contributed by atoms with Crippen LogP contribution in [0.5, 0.6) is 0 Å². The molecule has 0 aromatic carbocycles. The molecular formula is C27H46O. The summed E-state index contributed by atoms with van der Waals surface area (Å²) in [5, 5.41) is 10.1. The summed E-state index contributed by atoms with van der Waals surface area (Å²) in [6, 6.07) is 0. The van der Waals surface area contributed by atoms with Gasteiger partial charge in [-0.2, -0.15) is 0 Å². The van der Waals surface area contributed by atoms with Crippen molar-refractivity contribution in [1.29, 1.82) is 0 Å². The van der Waals surface area contributed by atoms with Gasteiger partial charge >= 0.3 is 0 Å². The summed E-state index contributed by atoms with van der Waals surface area (Å²) in [7, 11) is 0. The molecule has 0 aromatic rings. The van der Waals surface area contributed by atoms with Gasteiger partial charge in [0.2, 0.25) is 0 Å². The molecule has 28 heavy (non-hydrogen) atoms. The highest BCUT2D eigenvalue weighted by atomic mass is 16.3. The van der Waals surface area contributed by atoms with Crippen LogP contribution in [0.15, 0.2) is 11.6 Å². The predicted octanol–water partition coefficient (Wildman–Crippen LogP) is 7.39. The Bertz CT molecular complexity index is 608. The van der Waals surface area contributed by atoms with Crippen LogP contribution in [0.3, 0.4) is 0 Å². The second kappa shape index (κ2) is 7.14. The summed E-state index contributed by atoms with van der Waals surface area (Å²) >= 11 is 0. The topological polar surface area (TPSA) is 20.2 Å². The molecule has 0 heterocycles. The number of aliphatic hydroxyl groups is 1. The maximum atomic E-state index is 10.1. The van der Waals surface area contributed by atoms with Crippen molar-refractivity contribution in [1.82, 2.24) is 0 Å². The van der Waals surface area contributed by atoms with Crippen LogP contribution in [-0.4, -0.2) is 11.2 Å². The molecule has 0 amide bonds. The SMILES string of the molecule is CC(C)(C)CCC(C)(C)[C@H]1CCC2C3CC=C4C[C@@H](O)CC[C@@H]4C3CC[C@@]21C. The molecule has 0 spiro atoms. The average Bonchev–Trinajstić information content (AvgIpc) is 2.97. The molecule has 0 saturated heterocycles. The molecule has 3 saturated carbocycles. The van der Waals surface area contributed by atoms with Gasteiger partial charge in [0.1, 0.15) is 0 Å². The van der Waals surface area contributed by atoms with Crippen molar-refractivity contribution in [3.05, 3.63) is 11.6 Å². The monoisotopic (exact) mass is 386 g/mol. The summed E-state index contributed by atoms with van der Waals surface area (Å²) in [6.07, 6.45) is 15.6. The minimum absolute atomic E-state index is 0.0626. The van der Waals surface area contributed by atoms with Gasteiger partial charge < -0.3 is 5.11 Å². The number of allylic oxidation sites excluding steroid dienone is 1. The van der Waals surface area contributed by atoms with Gasteiger partial charge in [-0.3, -0.25) is 0 Å². The summed E-state index contributed by atoms with van der Waals surface area (Å²) < 4.78 is 0. The first kappa shape index (κ1) is 21.0. The zero-order chi connectivity index (χ0) is 20.3. The first-order valence-electron chi connectivity index (χ1n) is 12.4. The molecule has 1 heteroatoms. The Balaban J connectivity index is 1.52. The van der Waals surface area contributed by atoms with Crippen LogP contribution < -0.4 is 0 Å². The van der Waals surface area contributed by atoms with Crippen molar-refractivity contribution >= 4 is 0 Å². The quantitative estimate of drug-likeness (QED) is 0.501. The fraction of sp³-hybridized carbons (Fsp3) is 0.926. The highest BCUT2D eigenvalue weighted by molar-refractivity contribution is 5.20. The number of hydrogen-bond donors (Lipinski definition) is 1. The van der Waals surface area contributed by atoms with Gasteiger partial charge in [-0.1, -0.05) is 53.2 Å². The lowest BCUT2D eigenvalue weighted by Gasteiger charge is -2.55. The summed E-state index contributed by atoms with van der Waals surface area (Å²) in [5.41, 5.74) is 3.10. The van der Waals surface area contributed by atoms with Crippen molar-refractivity contribution in [3.8, 4) is 0 Å². The second-order valence-electron chi connectivity index (χ2n) is 13.2. The molecule has 0 aromatic heterocycles. The van der Waals surface area contributed by atoms with E-state index in [0.29, 0.717) is 16.2 Å². The lowest BCUT2D eigenvalue weighted by atomic mass is 9.49. The molecule has 4 rings (SSSR count). The summed E-state index contributed by atoms with van der Waals surface area (Å²) in [5.74, 6) is 4.48. The van der Waals surface area contributed by atoms with E-state index < -0.39 is 0 Å². The van der Waals surface area contributed by atoms with Crippen molar-refractivity contribution in [2.24, 2.45) is 45.8 Å². The Morgan fingerprint density at radius 3 is 2.43 bits per heavy atom. The van der Waals surface area contributed by atoms with Crippen molar-refractivity contribution in [3.63, 3.8) is 0 Å². The van der Waals surface area contributed by atoms with Gasteiger partial charge in [0.25, 0.3) is 0 Å². The van der Waals surface area contributed by atoms with Crippen molar-refractivity contribution < 1.29 is 5.11 Å². The van der Waals surface area contributed by atoms with E-state index in [1.165, 1.54) is 51.4 Å². The van der Waals surface area contributed by atoms with Crippen LogP contribution in [-0.2, 0) is 0 Å². The standard InChI is InChI=1S/C27H46O/c1-25(2,3)15-16-26(4,5)24-12-11-23-22-9-7-18-17-19(28)8-10-20(18)21(22)13-14-27(23,24)6/h7,19-24,28H,8-17H2,1-6H3/t19-,20-,21?,22?,23?,24+,27-/m0/s1. The Hall–Kier alpha value is -0.300. The van der Waals surface area contributed by atoms with Gasteiger partial charge in [-0.25, -0.2) is 0 Å². The van der Waals surface area contributed by atoms with E-state index in [4.69, 9.17) is 0 Å². The van der Waals surface area contributed by atoms with E-state index in [2.05, 4.69) is 47.6 Å². The molecule has 4 aliphatic rings.